The molecule has 2 amide bonds. The molecule has 1 N–H and O–H groups in total. The van der Waals surface area contributed by atoms with E-state index in [9.17, 15) is 32.3 Å². The predicted octanol–water partition coefficient (Wildman–Crippen LogP) is 12.0. The summed E-state index contributed by atoms with van der Waals surface area (Å²) in [5.74, 6) is 0.300. The van der Waals surface area contributed by atoms with Crippen LogP contribution in [0.3, 0.4) is 0 Å². The predicted molar refractivity (Wildman–Crippen MR) is 326 cm³/mol. The Hall–Kier alpha value is -6.90. The number of methoxy groups -OCH3 is 4. The highest BCUT2D eigenvalue weighted by atomic mass is 79.9. The maximum Gasteiger partial charge on any atom is 0.255 e. The number of ether oxygens (including phenoxy) is 5. The Bertz CT molecular complexity index is 3160. The average Bonchev–Trinajstić information content (AvgIpc) is 2.12. The van der Waals surface area contributed by atoms with Crippen LogP contribution in [0.25, 0.3) is 0 Å². The van der Waals surface area contributed by atoms with Gasteiger partial charge in [-0.1, -0.05) is 66.2 Å². The quantitative estimate of drug-likeness (QED) is 0.0396. The summed E-state index contributed by atoms with van der Waals surface area (Å²) in [5.41, 5.74) is 7.92. The molecule has 4 heterocycles. The fraction of sp³-hybridized carbons (Fsp3) is 0.424. The van der Waals surface area contributed by atoms with Crippen LogP contribution in [0.15, 0.2) is 109 Å². The standard InChI is InChI=1S/C33H39F2N3O4.C26H35N3O4.C7H5BrF2/c1-4-36-15-17-37(18-16-36)30-11-5-8-24-25(30)21-38(33(24)39)29(23-13-14-31(40-2)32(20-23)41-3)12-7-19-42-22-26-27(34)9-6-10-28(26)35;1-4-27-12-14-28(15-13-27)23-8-5-7-20-21(23)18-29(26(20)31)22(9-6-16-30)19-10-11-24(32-2)25(17-19)33-3;8-4-5-6(9)2-1-3-7(5)10/h5-6,8-11,13-14,20,29H,4,7,12,15-19,21-22H2,1-3H3;5,7-8,10-11,17,22,30H,4,6,9,12-16,18H2,1-3H3;1-3H,4H2/t29-;22-;/m11./s1. The van der Waals surface area contributed by atoms with Crippen molar-refractivity contribution in [3.63, 3.8) is 0 Å². The van der Waals surface area contributed by atoms with Crippen LogP contribution in [0.4, 0.5) is 28.9 Å². The van der Waals surface area contributed by atoms with E-state index < -0.39 is 23.3 Å². The van der Waals surface area contributed by atoms with Crippen LogP contribution in [0.5, 0.6) is 23.0 Å². The average molecular weight is 1240 g/mol. The highest BCUT2D eigenvalue weighted by Crippen LogP contribution is 2.43. The number of carbonyl (C=O) groups is 2. The van der Waals surface area contributed by atoms with Gasteiger partial charge in [-0.25, -0.2) is 17.6 Å². The van der Waals surface area contributed by atoms with Gasteiger partial charge in [0.2, 0.25) is 0 Å². The lowest BCUT2D eigenvalue weighted by atomic mass is 9.99. The maximum absolute atomic E-state index is 14.0. The summed E-state index contributed by atoms with van der Waals surface area (Å²) in [5, 5.41) is 9.74. The second-order valence-electron chi connectivity index (χ2n) is 21.2. The third-order valence-corrected chi connectivity index (χ3v) is 17.1. The number of carbonyl (C=O) groups excluding carboxylic acids is 2. The first kappa shape index (κ1) is 64.1. The number of fused-ring (bicyclic) bond motifs is 2. The Morgan fingerprint density at radius 2 is 0.918 bits per heavy atom. The van der Waals surface area contributed by atoms with Gasteiger partial charge < -0.3 is 58.2 Å². The van der Waals surface area contributed by atoms with Gasteiger partial charge in [0.15, 0.2) is 23.0 Å². The largest absolute Gasteiger partial charge is 0.493 e. The van der Waals surface area contributed by atoms with Gasteiger partial charge in [0, 0.05) is 129 Å². The molecule has 4 aliphatic heterocycles. The van der Waals surface area contributed by atoms with E-state index in [1.165, 1.54) is 42.1 Å². The Kier molecular flexibility index (Phi) is 23.3. The van der Waals surface area contributed by atoms with E-state index in [1.54, 1.807) is 28.4 Å². The molecule has 456 valence electrons. The van der Waals surface area contributed by atoms with Crippen molar-refractivity contribution in [1.82, 2.24) is 19.6 Å². The number of likely N-dealkylation sites (N-methyl/N-ethyl adjacent to an activating group) is 2. The van der Waals surface area contributed by atoms with Crippen molar-refractivity contribution in [2.24, 2.45) is 0 Å². The number of nitrogens with zero attached hydrogens (tertiary/aromatic N) is 6. The van der Waals surface area contributed by atoms with Gasteiger partial charge in [-0.15, -0.1) is 0 Å². The van der Waals surface area contributed by atoms with E-state index in [2.05, 4.69) is 61.5 Å². The lowest BCUT2D eigenvalue weighted by Crippen LogP contribution is -2.46. The van der Waals surface area contributed by atoms with Gasteiger partial charge in [-0.3, -0.25) is 9.59 Å². The zero-order valence-corrected chi connectivity index (χ0v) is 51.2. The molecule has 6 aromatic rings. The van der Waals surface area contributed by atoms with Crippen LogP contribution in [-0.2, 0) is 29.8 Å². The lowest BCUT2D eigenvalue weighted by molar-refractivity contribution is 0.0656. The van der Waals surface area contributed by atoms with E-state index in [0.29, 0.717) is 68.4 Å². The molecule has 10 rings (SSSR count). The van der Waals surface area contributed by atoms with Crippen molar-refractivity contribution in [1.29, 1.82) is 0 Å². The van der Waals surface area contributed by atoms with Gasteiger partial charge in [0.25, 0.3) is 11.8 Å². The fourth-order valence-corrected chi connectivity index (χ4v) is 12.2. The SMILES string of the molecule is CCN1CCN(c2cccc3c2CN([C@H](CCCO)c2ccc(OC)c(OC)c2)C3=O)CC1.CCN1CCN(c2cccc3c2CN([C@H](CCCOCc2c(F)cccc2F)c2ccc(OC)c(OC)c2)C3=O)CC1.Fc1cccc(F)c1CBr. The third-order valence-electron chi connectivity index (χ3n) is 16.5. The summed E-state index contributed by atoms with van der Waals surface area (Å²) in [7, 11) is 6.41. The van der Waals surface area contributed by atoms with Crippen LogP contribution in [0.2, 0.25) is 0 Å². The molecule has 0 aromatic heterocycles. The minimum absolute atomic E-state index is 0.00632. The summed E-state index contributed by atoms with van der Waals surface area (Å²) in [6.07, 6.45) is 2.47. The van der Waals surface area contributed by atoms with Crippen molar-refractivity contribution >= 4 is 39.1 Å². The van der Waals surface area contributed by atoms with Gasteiger partial charge in [-0.2, -0.15) is 0 Å². The number of piperazine rings is 2. The first-order valence-corrected chi connectivity index (χ1v) is 30.3. The Labute approximate surface area is 505 Å². The normalized spacial score (nSPS) is 15.8. The first-order chi connectivity index (χ1) is 41.3. The Balaban J connectivity index is 0.000000194. The van der Waals surface area contributed by atoms with E-state index in [4.69, 9.17) is 23.7 Å². The molecule has 0 bridgehead atoms. The van der Waals surface area contributed by atoms with Crippen molar-refractivity contribution < 1.29 is 55.9 Å². The molecule has 0 unspecified atom stereocenters. The molecular weight excluding hydrogens is 1160 g/mol. The Morgan fingerprint density at radius 3 is 1.29 bits per heavy atom. The molecule has 4 aliphatic rings. The zero-order valence-electron chi connectivity index (χ0n) is 49.6. The van der Waals surface area contributed by atoms with E-state index in [-0.39, 0.29) is 53.6 Å². The first-order valence-electron chi connectivity index (χ1n) is 29.2. The molecule has 85 heavy (non-hydrogen) atoms. The van der Waals surface area contributed by atoms with Gasteiger partial charge in [-0.05, 0) is 123 Å². The number of aliphatic hydroxyl groups is 1. The smallest absolute Gasteiger partial charge is 0.255 e. The number of benzene rings is 6. The maximum atomic E-state index is 14.0. The molecule has 6 aromatic carbocycles. The third kappa shape index (κ3) is 15.2. The minimum Gasteiger partial charge on any atom is -0.493 e. The number of hydrogen-bond donors (Lipinski definition) is 1. The molecule has 0 radical (unpaired) electrons. The highest BCUT2D eigenvalue weighted by Gasteiger charge is 2.38. The summed E-state index contributed by atoms with van der Waals surface area (Å²) in [4.78, 5) is 41.0. The van der Waals surface area contributed by atoms with Crippen molar-refractivity contribution in [3.8, 4) is 23.0 Å². The molecule has 0 spiro atoms. The number of anilines is 2. The summed E-state index contributed by atoms with van der Waals surface area (Å²) >= 11 is 2.98. The highest BCUT2D eigenvalue weighted by molar-refractivity contribution is 9.08. The molecule has 2 fully saturated rings. The zero-order chi connectivity index (χ0) is 60.6. The fourth-order valence-electron chi connectivity index (χ4n) is 11.7. The van der Waals surface area contributed by atoms with E-state index >= 15 is 0 Å². The van der Waals surface area contributed by atoms with Crippen molar-refractivity contribution in [3.05, 3.63) is 177 Å². The van der Waals surface area contributed by atoms with Gasteiger partial charge in [0.1, 0.15) is 23.3 Å². The number of amides is 2. The molecule has 0 aliphatic carbocycles. The summed E-state index contributed by atoms with van der Waals surface area (Å²) < 4.78 is 80.8. The van der Waals surface area contributed by atoms with Crippen LogP contribution < -0.4 is 28.7 Å². The van der Waals surface area contributed by atoms with Gasteiger partial charge >= 0.3 is 0 Å². The molecule has 2 atom stereocenters. The van der Waals surface area contributed by atoms with Crippen molar-refractivity contribution in [2.75, 3.05) is 117 Å². The lowest BCUT2D eigenvalue weighted by Gasteiger charge is -2.36. The molecule has 2 saturated heterocycles. The van der Waals surface area contributed by atoms with Crippen LogP contribution >= 0.6 is 15.9 Å². The van der Waals surface area contributed by atoms with Crippen molar-refractivity contribution in [2.45, 2.75) is 76.6 Å². The topological polar surface area (TPSA) is 120 Å². The molecule has 19 heteroatoms. The Morgan fingerprint density at radius 1 is 0.518 bits per heavy atom. The van der Waals surface area contributed by atoms with Gasteiger partial charge in [0.05, 0.1) is 47.1 Å². The van der Waals surface area contributed by atoms with E-state index in [1.807, 2.05) is 70.5 Å². The summed E-state index contributed by atoms with van der Waals surface area (Å²) in [6, 6.07) is 30.9. The molecule has 0 saturated carbocycles. The number of aliphatic hydroxyl groups excluding tert-OH is 1. The second kappa shape index (κ2) is 31.0. The van der Waals surface area contributed by atoms with Crippen LogP contribution in [-0.4, -0.2) is 144 Å². The van der Waals surface area contributed by atoms with Crippen LogP contribution in [0, 0.1) is 23.3 Å². The number of rotatable bonds is 22. The summed E-state index contributed by atoms with van der Waals surface area (Å²) in [6.45, 7) is 15.7. The monoisotopic (exact) mass is 1240 g/mol. The number of alkyl halides is 1. The second-order valence-corrected chi connectivity index (χ2v) is 21.7. The molecular formula is C66H79BrF4N6O8. The van der Waals surface area contributed by atoms with E-state index in [0.717, 1.165) is 105 Å². The number of halogens is 5. The minimum atomic E-state index is -0.620. The molecule has 14 nitrogen and oxygen atoms in total. The van der Waals surface area contributed by atoms with Crippen LogP contribution in [0.1, 0.15) is 106 Å². The number of hydrogen-bond acceptors (Lipinski definition) is 12.